The zero-order chi connectivity index (χ0) is 26.8. The molecule has 2 aliphatic heterocycles. The third-order valence-electron chi connectivity index (χ3n) is 5.97. The number of phosphoric acid groups is 1. The summed E-state index contributed by atoms with van der Waals surface area (Å²) in [5.74, 6) is 0.350. The fraction of sp³-hybridized carbons (Fsp3) is 0.409. The van der Waals surface area contributed by atoms with Gasteiger partial charge in [0.1, 0.15) is 35.4 Å². The molecule has 198 valence electrons. The zero-order valence-corrected chi connectivity index (χ0v) is 22.3. The number of anilines is 1. The molecule has 1 saturated heterocycles. The molecule has 1 fully saturated rings. The van der Waals surface area contributed by atoms with E-state index in [-0.39, 0.29) is 11.6 Å². The summed E-state index contributed by atoms with van der Waals surface area (Å²) < 4.78 is 37.7. The minimum absolute atomic E-state index is 0.152. The van der Waals surface area contributed by atoms with Crippen molar-refractivity contribution in [3.8, 4) is 0 Å². The van der Waals surface area contributed by atoms with Gasteiger partial charge in [-0.2, -0.15) is 0 Å². The van der Waals surface area contributed by atoms with E-state index in [1.54, 1.807) is 38.1 Å². The Bertz CT molecular complexity index is 1430. The van der Waals surface area contributed by atoms with Gasteiger partial charge in [0, 0.05) is 15.6 Å². The first-order valence-electron chi connectivity index (χ1n) is 11.1. The Labute approximate surface area is 221 Å². The van der Waals surface area contributed by atoms with Crippen LogP contribution in [-0.4, -0.2) is 59.7 Å². The molecule has 37 heavy (non-hydrogen) atoms. The maximum absolute atomic E-state index is 13.5. The number of benzene rings is 1. The second-order valence-electron chi connectivity index (χ2n) is 9.48. The fourth-order valence-corrected chi connectivity index (χ4v) is 6.29. The monoisotopic (exact) mass is 571 g/mol. The number of imidazole rings is 1. The van der Waals surface area contributed by atoms with Gasteiger partial charge in [0.15, 0.2) is 17.7 Å². The van der Waals surface area contributed by atoms with Gasteiger partial charge in [-0.05, 0) is 45.0 Å². The SMILES string of the molecule is CC1(C)C=C(c2cc(Cl)cc(Cl)c2)OP(=O)(OC[C@H]2O[C@@H](n3cnc4c(N)ncnc43)[C@](C)(O)[C@@H]2O)O1. The lowest BCUT2D eigenvalue weighted by Gasteiger charge is -2.33. The number of nitrogens with zero attached hydrogens (tertiary/aromatic N) is 4. The molecular weight excluding hydrogens is 548 g/mol. The summed E-state index contributed by atoms with van der Waals surface area (Å²) in [6.45, 7) is 4.31. The Morgan fingerprint density at radius 2 is 1.89 bits per heavy atom. The van der Waals surface area contributed by atoms with Crippen LogP contribution in [0.5, 0.6) is 0 Å². The Kier molecular flexibility index (Phi) is 6.53. The molecule has 4 N–H and O–H groups in total. The van der Waals surface area contributed by atoms with E-state index in [9.17, 15) is 14.8 Å². The number of nitrogen functional groups attached to an aromatic ring is 1. The number of ether oxygens (including phenoxy) is 1. The van der Waals surface area contributed by atoms with E-state index in [2.05, 4.69) is 15.0 Å². The van der Waals surface area contributed by atoms with E-state index in [4.69, 9.17) is 47.2 Å². The van der Waals surface area contributed by atoms with Crippen molar-refractivity contribution in [2.75, 3.05) is 12.3 Å². The number of aromatic nitrogens is 4. The average Bonchev–Trinajstić information content (AvgIpc) is 3.30. The molecule has 0 saturated carbocycles. The van der Waals surface area contributed by atoms with Gasteiger partial charge in [0.05, 0.1) is 18.5 Å². The van der Waals surface area contributed by atoms with E-state index in [1.807, 2.05) is 0 Å². The molecule has 1 aromatic carbocycles. The molecule has 5 atom stereocenters. The largest absolute Gasteiger partial charge is 0.531 e. The predicted molar refractivity (Wildman–Crippen MR) is 135 cm³/mol. The summed E-state index contributed by atoms with van der Waals surface area (Å²) in [5, 5.41) is 22.7. The van der Waals surface area contributed by atoms with Crippen LogP contribution in [0.2, 0.25) is 10.0 Å². The Morgan fingerprint density at radius 1 is 1.19 bits per heavy atom. The van der Waals surface area contributed by atoms with Crippen molar-refractivity contribution in [3.63, 3.8) is 0 Å². The lowest BCUT2D eigenvalue weighted by atomic mass is 9.96. The maximum atomic E-state index is 13.5. The molecule has 0 bridgehead atoms. The van der Waals surface area contributed by atoms with Gasteiger partial charge in [-0.1, -0.05) is 23.2 Å². The van der Waals surface area contributed by atoms with E-state index >= 15 is 0 Å². The lowest BCUT2D eigenvalue weighted by Crippen LogP contribution is -2.44. The highest BCUT2D eigenvalue weighted by molar-refractivity contribution is 7.49. The molecule has 4 heterocycles. The number of rotatable bonds is 5. The number of hydrogen-bond donors (Lipinski definition) is 3. The maximum Gasteiger partial charge on any atom is 0.531 e. The Hall–Kier alpha value is -2.28. The van der Waals surface area contributed by atoms with E-state index < -0.39 is 44.1 Å². The van der Waals surface area contributed by atoms with Crippen molar-refractivity contribution in [2.45, 2.75) is 50.4 Å². The van der Waals surface area contributed by atoms with Crippen LogP contribution in [0.1, 0.15) is 32.6 Å². The molecule has 15 heteroatoms. The molecule has 1 unspecified atom stereocenters. The second-order valence-corrected chi connectivity index (χ2v) is 11.9. The highest BCUT2D eigenvalue weighted by Crippen LogP contribution is 2.59. The normalized spacial score (nSPS) is 31.3. The minimum Gasteiger partial charge on any atom is -0.404 e. The number of nitrogens with two attached hydrogens (primary N) is 1. The number of aliphatic hydroxyl groups excluding tert-OH is 1. The fourth-order valence-electron chi connectivity index (χ4n) is 4.26. The van der Waals surface area contributed by atoms with Crippen LogP contribution < -0.4 is 5.73 Å². The summed E-state index contributed by atoms with van der Waals surface area (Å²) in [7, 11) is -4.22. The second kappa shape index (κ2) is 9.18. The molecule has 2 aliphatic rings. The molecule has 0 spiro atoms. The van der Waals surface area contributed by atoms with Gasteiger partial charge in [0.2, 0.25) is 0 Å². The van der Waals surface area contributed by atoms with Gasteiger partial charge in [-0.3, -0.25) is 13.6 Å². The van der Waals surface area contributed by atoms with Crippen LogP contribution in [0.3, 0.4) is 0 Å². The average molecular weight is 572 g/mol. The molecule has 0 radical (unpaired) electrons. The first-order chi connectivity index (χ1) is 17.3. The van der Waals surface area contributed by atoms with Gasteiger partial charge in [-0.15, -0.1) is 0 Å². The van der Waals surface area contributed by atoms with Gasteiger partial charge < -0.3 is 25.2 Å². The highest BCUT2D eigenvalue weighted by atomic mass is 35.5. The topological polar surface area (TPSA) is 164 Å². The van der Waals surface area contributed by atoms with Crippen LogP contribution in [-0.2, 0) is 22.9 Å². The summed E-state index contributed by atoms with van der Waals surface area (Å²) in [6, 6.07) is 4.75. The molecule has 0 aliphatic carbocycles. The van der Waals surface area contributed by atoms with Crippen molar-refractivity contribution in [1.29, 1.82) is 0 Å². The number of fused-ring (bicyclic) bond motifs is 1. The van der Waals surface area contributed by atoms with Crippen molar-refractivity contribution in [3.05, 3.63) is 52.5 Å². The number of phosphoric ester groups is 1. The number of hydrogen-bond acceptors (Lipinski definition) is 11. The lowest BCUT2D eigenvalue weighted by molar-refractivity contribution is -0.0951. The van der Waals surface area contributed by atoms with Crippen LogP contribution in [0, 0.1) is 0 Å². The van der Waals surface area contributed by atoms with E-state index in [0.29, 0.717) is 26.8 Å². The number of halogens is 2. The standard InChI is InChI=1S/C22H24Cl2N5O7P/c1-21(2)7-14(11-4-12(23)6-13(24)5-11)35-37(32,36-21)33-8-15-17(30)22(3,31)20(34-15)29-10-28-16-18(25)26-9-27-19(16)29/h4-7,9-10,15,17,20,30-31H,8H2,1-3H3,(H2,25,26,27)/t15-,17-,20-,22-,37?/m1/s1. The van der Waals surface area contributed by atoms with Crippen LogP contribution in [0.4, 0.5) is 5.82 Å². The van der Waals surface area contributed by atoms with Gasteiger partial charge >= 0.3 is 7.82 Å². The van der Waals surface area contributed by atoms with E-state index in [0.717, 1.165) is 0 Å². The minimum atomic E-state index is -4.22. The summed E-state index contributed by atoms with van der Waals surface area (Å²) >= 11 is 12.2. The first-order valence-corrected chi connectivity index (χ1v) is 13.3. The van der Waals surface area contributed by atoms with Crippen molar-refractivity contribution >= 4 is 53.8 Å². The summed E-state index contributed by atoms with van der Waals surface area (Å²) in [4.78, 5) is 12.2. The van der Waals surface area contributed by atoms with Gasteiger partial charge in [0.25, 0.3) is 0 Å². The Morgan fingerprint density at radius 3 is 2.59 bits per heavy atom. The predicted octanol–water partition coefficient (Wildman–Crippen LogP) is 3.72. The number of aliphatic hydroxyl groups is 2. The van der Waals surface area contributed by atoms with E-state index in [1.165, 1.54) is 24.1 Å². The molecule has 5 rings (SSSR count). The molecule has 12 nitrogen and oxygen atoms in total. The van der Waals surface area contributed by atoms with Crippen molar-refractivity contribution in [2.24, 2.45) is 0 Å². The van der Waals surface area contributed by atoms with Crippen molar-refractivity contribution in [1.82, 2.24) is 19.5 Å². The van der Waals surface area contributed by atoms with Crippen LogP contribution in [0.25, 0.3) is 16.9 Å². The third kappa shape index (κ3) is 4.96. The summed E-state index contributed by atoms with van der Waals surface area (Å²) in [6.07, 6.45) is 0.558. The Balaban J connectivity index is 1.36. The van der Waals surface area contributed by atoms with Gasteiger partial charge in [-0.25, -0.2) is 19.5 Å². The molecular formula is C22H24Cl2N5O7P. The zero-order valence-electron chi connectivity index (χ0n) is 19.9. The highest BCUT2D eigenvalue weighted by Gasteiger charge is 2.54. The van der Waals surface area contributed by atoms with Crippen LogP contribution >= 0.6 is 31.0 Å². The summed E-state index contributed by atoms with van der Waals surface area (Å²) in [5.41, 5.74) is 4.10. The molecule has 0 amide bonds. The molecule has 3 aromatic rings. The third-order valence-corrected chi connectivity index (χ3v) is 7.99. The molecule has 2 aromatic heterocycles. The quantitative estimate of drug-likeness (QED) is 0.382. The smallest absolute Gasteiger partial charge is 0.404 e. The van der Waals surface area contributed by atoms with Crippen LogP contribution in [0.15, 0.2) is 36.9 Å². The first kappa shape index (κ1) is 26.3. The van der Waals surface area contributed by atoms with Crippen molar-refractivity contribution < 1.29 is 33.1 Å².